The van der Waals surface area contributed by atoms with Crippen LogP contribution in [-0.4, -0.2) is 33.5 Å². The summed E-state index contributed by atoms with van der Waals surface area (Å²) >= 11 is 6.92. The number of carbonyl (C=O) groups is 1. The molecule has 0 saturated heterocycles. The van der Waals surface area contributed by atoms with E-state index < -0.39 is 22.0 Å². The zero-order chi connectivity index (χ0) is 24.6. The van der Waals surface area contributed by atoms with Gasteiger partial charge in [0.05, 0.1) is 4.34 Å². The fourth-order valence-corrected chi connectivity index (χ4v) is 7.71. The smallest absolute Gasteiger partial charge is 0.250 e. The Morgan fingerprint density at radius 1 is 1.00 bits per heavy atom. The van der Waals surface area contributed by atoms with E-state index in [2.05, 4.69) is 4.72 Å². The van der Waals surface area contributed by atoms with Gasteiger partial charge in [-0.05, 0) is 85.3 Å². The van der Waals surface area contributed by atoms with Gasteiger partial charge in [-0.3, -0.25) is 4.79 Å². The maximum atomic E-state index is 13.3. The molecule has 5 rings (SSSR count). The lowest BCUT2D eigenvalue weighted by atomic mass is 9.92. The first kappa shape index (κ1) is 24.2. The Bertz CT molecular complexity index is 1340. The third-order valence-electron chi connectivity index (χ3n) is 6.49. The van der Waals surface area contributed by atoms with Crippen LogP contribution in [0.3, 0.4) is 0 Å². The summed E-state index contributed by atoms with van der Waals surface area (Å²) in [6, 6.07) is 13.7. The summed E-state index contributed by atoms with van der Waals surface area (Å²) in [5.74, 6) is 0.407. The number of thiophene rings is 1. The van der Waals surface area contributed by atoms with Gasteiger partial charge in [0.25, 0.3) is 0 Å². The Hall–Kier alpha value is -2.46. The second kappa shape index (κ2) is 9.89. The predicted octanol–water partition coefficient (Wildman–Crippen LogP) is 5.11. The highest BCUT2D eigenvalue weighted by atomic mass is 35.5. The number of ether oxygens (including phenoxy) is 2. The average molecular weight is 536 g/mol. The van der Waals surface area contributed by atoms with Gasteiger partial charge in [0.1, 0.15) is 34.7 Å². The zero-order valence-electron chi connectivity index (χ0n) is 18.6. The molecule has 1 aromatic heterocycles. The lowest BCUT2D eigenvalue weighted by Crippen LogP contribution is -2.43. The van der Waals surface area contributed by atoms with E-state index in [1.807, 2.05) is 6.07 Å². The standard InChI is InChI=1S/C25H23ClFNO5S2/c26-22-9-10-23(34-22)35(30,31)28-24-15-1-7-21(24)25(29)20-8-6-19(14-16(20)13-15)33-12-11-32-18-4-2-17(27)3-5-18/h2-6,8-10,14-15,21,24,28H,1,7,11-13H2/t15?,21?,24-/m0/s1. The maximum absolute atomic E-state index is 13.3. The van der Waals surface area contributed by atoms with Crippen LogP contribution in [0.15, 0.2) is 58.8 Å². The molecule has 2 aliphatic carbocycles. The molecule has 0 amide bonds. The fraction of sp³-hybridized carbons (Fsp3) is 0.320. The highest BCUT2D eigenvalue weighted by Gasteiger charge is 2.45. The van der Waals surface area contributed by atoms with Crippen molar-refractivity contribution in [2.24, 2.45) is 11.8 Å². The van der Waals surface area contributed by atoms with Gasteiger partial charge >= 0.3 is 0 Å². The van der Waals surface area contributed by atoms with E-state index in [9.17, 15) is 17.6 Å². The first-order valence-corrected chi connectivity index (χ1v) is 13.9. The van der Waals surface area contributed by atoms with Crippen molar-refractivity contribution in [3.05, 3.63) is 75.9 Å². The molecule has 3 aromatic rings. The van der Waals surface area contributed by atoms with Crippen molar-refractivity contribution in [3.63, 3.8) is 0 Å². The highest BCUT2D eigenvalue weighted by molar-refractivity contribution is 7.91. The number of fused-ring (bicyclic) bond motifs is 3. The number of Topliss-reactive ketones (excluding diaryl/α,β-unsaturated/α-hetero) is 1. The summed E-state index contributed by atoms with van der Waals surface area (Å²) in [5, 5.41) is 0. The largest absolute Gasteiger partial charge is 0.490 e. The summed E-state index contributed by atoms with van der Waals surface area (Å²) in [5.41, 5.74) is 1.48. The number of hydrogen-bond acceptors (Lipinski definition) is 6. The van der Waals surface area contributed by atoms with E-state index in [1.165, 1.54) is 18.2 Å². The van der Waals surface area contributed by atoms with Crippen LogP contribution >= 0.6 is 22.9 Å². The molecule has 0 spiro atoms. The Morgan fingerprint density at radius 2 is 1.71 bits per heavy atom. The van der Waals surface area contributed by atoms with Gasteiger partial charge in [0.15, 0.2) is 5.78 Å². The quantitative estimate of drug-likeness (QED) is 0.405. The number of carbonyl (C=O) groups excluding carboxylic acids is 1. The second-order valence-electron chi connectivity index (χ2n) is 8.69. The van der Waals surface area contributed by atoms with E-state index in [-0.39, 0.29) is 34.9 Å². The molecule has 10 heteroatoms. The molecule has 6 nitrogen and oxygen atoms in total. The molecule has 2 unspecified atom stereocenters. The van der Waals surface area contributed by atoms with Crippen LogP contribution in [0.5, 0.6) is 11.5 Å². The Labute approximate surface area is 212 Å². The molecule has 2 bridgehead atoms. The number of nitrogens with one attached hydrogen (secondary N) is 1. The molecule has 184 valence electrons. The van der Waals surface area contributed by atoms with Crippen molar-refractivity contribution in [1.82, 2.24) is 4.72 Å². The van der Waals surface area contributed by atoms with Crippen molar-refractivity contribution < 1.29 is 27.1 Å². The number of ketones is 1. The first-order chi connectivity index (χ1) is 16.8. The van der Waals surface area contributed by atoms with Gasteiger partial charge in [0.2, 0.25) is 10.0 Å². The van der Waals surface area contributed by atoms with Crippen molar-refractivity contribution in [3.8, 4) is 11.5 Å². The Kier molecular flexibility index (Phi) is 6.85. The summed E-state index contributed by atoms with van der Waals surface area (Å²) in [6.45, 7) is 0.560. The minimum atomic E-state index is -3.77. The van der Waals surface area contributed by atoms with Crippen LogP contribution in [0.1, 0.15) is 28.8 Å². The van der Waals surface area contributed by atoms with Gasteiger partial charge in [-0.1, -0.05) is 11.6 Å². The van der Waals surface area contributed by atoms with E-state index >= 15 is 0 Å². The van der Waals surface area contributed by atoms with Crippen molar-refractivity contribution in [1.29, 1.82) is 0 Å². The molecule has 2 aromatic carbocycles. The monoisotopic (exact) mass is 535 g/mol. The number of sulfonamides is 1. The van der Waals surface area contributed by atoms with Gasteiger partial charge in [-0.2, -0.15) is 0 Å². The third-order valence-corrected chi connectivity index (χ3v) is 9.67. The van der Waals surface area contributed by atoms with Crippen LogP contribution in [0.25, 0.3) is 0 Å². The highest BCUT2D eigenvalue weighted by Crippen LogP contribution is 2.41. The summed E-state index contributed by atoms with van der Waals surface area (Å²) in [4.78, 5) is 13.3. The molecule has 0 aliphatic heterocycles. The zero-order valence-corrected chi connectivity index (χ0v) is 21.0. The number of halogens is 2. The number of hydrogen-bond donors (Lipinski definition) is 1. The molecule has 0 radical (unpaired) electrons. The molecule has 1 saturated carbocycles. The average Bonchev–Trinajstić information content (AvgIpc) is 3.41. The molecule has 3 atom stereocenters. The minimum Gasteiger partial charge on any atom is -0.490 e. The molecule has 1 fully saturated rings. The van der Waals surface area contributed by atoms with Gasteiger partial charge in [-0.15, -0.1) is 11.3 Å². The van der Waals surface area contributed by atoms with E-state index in [1.54, 1.807) is 30.3 Å². The van der Waals surface area contributed by atoms with Crippen molar-refractivity contribution >= 4 is 38.7 Å². The van der Waals surface area contributed by atoms with Crippen molar-refractivity contribution in [2.75, 3.05) is 13.2 Å². The molecule has 1 heterocycles. The van der Waals surface area contributed by atoms with Crippen molar-refractivity contribution in [2.45, 2.75) is 29.5 Å². The van der Waals surface area contributed by atoms with E-state index in [4.69, 9.17) is 21.1 Å². The molecule has 1 N–H and O–H groups in total. The summed E-state index contributed by atoms with van der Waals surface area (Å²) < 4.78 is 53.5. The maximum Gasteiger partial charge on any atom is 0.250 e. The lowest BCUT2D eigenvalue weighted by Gasteiger charge is -2.22. The predicted molar refractivity (Wildman–Crippen MR) is 132 cm³/mol. The second-order valence-corrected chi connectivity index (χ2v) is 12.3. The number of benzene rings is 2. The lowest BCUT2D eigenvalue weighted by molar-refractivity contribution is 0.0909. The summed E-state index contributed by atoms with van der Waals surface area (Å²) in [7, 11) is -3.77. The molecule has 35 heavy (non-hydrogen) atoms. The van der Waals surface area contributed by atoms with E-state index in [0.717, 1.165) is 23.3 Å². The van der Waals surface area contributed by atoms with Gasteiger partial charge < -0.3 is 9.47 Å². The Balaban J connectivity index is 1.26. The first-order valence-electron chi connectivity index (χ1n) is 11.3. The molecule has 2 aliphatic rings. The topological polar surface area (TPSA) is 81.7 Å². The SMILES string of the molecule is O=C1c2ccc(OCCOc3ccc(F)cc3)cc2CC2CCC1[C@H]2NS(=O)(=O)c1ccc(Cl)s1. The van der Waals surface area contributed by atoms with Crippen LogP contribution < -0.4 is 14.2 Å². The van der Waals surface area contributed by atoms with Crippen LogP contribution in [0, 0.1) is 17.7 Å². The molecular formula is C25H23ClFNO5S2. The van der Waals surface area contributed by atoms with Crippen LogP contribution in [-0.2, 0) is 16.4 Å². The van der Waals surface area contributed by atoms with Gasteiger partial charge in [-0.25, -0.2) is 17.5 Å². The van der Waals surface area contributed by atoms with Crippen LogP contribution in [0.2, 0.25) is 4.34 Å². The minimum absolute atomic E-state index is 0.00692. The summed E-state index contributed by atoms with van der Waals surface area (Å²) in [6.07, 6.45) is 2.00. The molecular weight excluding hydrogens is 513 g/mol. The van der Waals surface area contributed by atoms with Crippen LogP contribution in [0.4, 0.5) is 4.39 Å². The van der Waals surface area contributed by atoms with E-state index in [0.29, 0.717) is 34.2 Å². The fourth-order valence-electron chi connectivity index (χ4n) is 4.86. The Morgan fingerprint density at radius 3 is 2.43 bits per heavy atom. The normalized spacial score (nSPS) is 21.4. The number of rotatable bonds is 8. The third kappa shape index (κ3) is 5.23. The van der Waals surface area contributed by atoms with Gasteiger partial charge in [0, 0.05) is 17.5 Å².